The van der Waals surface area contributed by atoms with Gasteiger partial charge in [0.1, 0.15) is 6.04 Å². The van der Waals surface area contributed by atoms with Gasteiger partial charge in [-0.1, -0.05) is 20.8 Å². The first-order valence-corrected chi connectivity index (χ1v) is 7.31. The highest BCUT2D eigenvalue weighted by Crippen LogP contribution is 2.27. The zero-order valence-electron chi connectivity index (χ0n) is 12.6. The Morgan fingerprint density at radius 3 is 2.10 bits per heavy atom. The van der Waals surface area contributed by atoms with E-state index in [-0.39, 0.29) is 6.03 Å². The molecule has 1 heterocycles. The van der Waals surface area contributed by atoms with Crippen molar-refractivity contribution in [2.45, 2.75) is 45.7 Å². The number of carbonyl (C=O) groups is 2. The van der Waals surface area contributed by atoms with Crippen molar-refractivity contribution in [3.8, 4) is 0 Å². The highest BCUT2D eigenvalue weighted by molar-refractivity contribution is 5.83. The standard InChI is InChI=1S/C14H25N3O3/c1-14(2,3)11(12(18)19)15-13(20)17-8-6-16(7-9-17)10-4-5-10/h10-11H,4-9H2,1-3H3,(H,15,20)(H,18,19)/t11-/m0/s1. The van der Waals surface area contributed by atoms with Gasteiger partial charge >= 0.3 is 12.0 Å². The van der Waals surface area contributed by atoms with E-state index in [1.807, 2.05) is 20.8 Å². The summed E-state index contributed by atoms with van der Waals surface area (Å²) in [6.07, 6.45) is 2.55. The molecular weight excluding hydrogens is 258 g/mol. The molecule has 1 aliphatic heterocycles. The van der Waals surface area contributed by atoms with E-state index in [0.717, 1.165) is 19.1 Å². The SMILES string of the molecule is CC(C)(C)[C@@H](NC(=O)N1CCN(C2CC2)CC1)C(=O)O. The molecular formula is C14H25N3O3. The molecule has 1 aliphatic carbocycles. The lowest BCUT2D eigenvalue weighted by molar-refractivity contribution is -0.142. The van der Waals surface area contributed by atoms with Crippen LogP contribution in [0.1, 0.15) is 33.6 Å². The second-order valence-corrected chi connectivity index (χ2v) is 6.84. The fourth-order valence-electron chi connectivity index (χ4n) is 2.59. The monoisotopic (exact) mass is 283 g/mol. The quantitative estimate of drug-likeness (QED) is 0.809. The molecule has 1 saturated carbocycles. The first kappa shape index (κ1) is 15.1. The van der Waals surface area contributed by atoms with Crippen LogP contribution in [0.3, 0.4) is 0 Å². The number of aliphatic carboxylic acids is 1. The van der Waals surface area contributed by atoms with Crippen molar-refractivity contribution in [3.63, 3.8) is 0 Å². The molecule has 0 bridgehead atoms. The zero-order chi connectivity index (χ0) is 14.9. The lowest BCUT2D eigenvalue weighted by atomic mass is 9.87. The average Bonchev–Trinajstić information content (AvgIpc) is 3.18. The normalized spacial score (nSPS) is 22.4. The summed E-state index contributed by atoms with van der Waals surface area (Å²) in [5, 5.41) is 11.9. The molecule has 1 saturated heterocycles. The maximum Gasteiger partial charge on any atom is 0.326 e. The van der Waals surface area contributed by atoms with Crippen molar-refractivity contribution in [3.05, 3.63) is 0 Å². The van der Waals surface area contributed by atoms with E-state index in [1.165, 1.54) is 12.8 Å². The second kappa shape index (κ2) is 5.60. The van der Waals surface area contributed by atoms with Gasteiger partial charge in [0.2, 0.25) is 0 Å². The van der Waals surface area contributed by atoms with Gasteiger partial charge in [-0.15, -0.1) is 0 Å². The van der Waals surface area contributed by atoms with E-state index in [9.17, 15) is 14.7 Å². The van der Waals surface area contributed by atoms with Gasteiger partial charge in [-0.3, -0.25) is 4.90 Å². The summed E-state index contributed by atoms with van der Waals surface area (Å²) >= 11 is 0. The van der Waals surface area contributed by atoms with E-state index in [4.69, 9.17) is 0 Å². The van der Waals surface area contributed by atoms with Crippen molar-refractivity contribution >= 4 is 12.0 Å². The molecule has 2 fully saturated rings. The third kappa shape index (κ3) is 3.62. The summed E-state index contributed by atoms with van der Waals surface area (Å²) in [5.41, 5.74) is -0.503. The van der Waals surface area contributed by atoms with Crippen molar-refractivity contribution in [1.29, 1.82) is 0 Å². The number of carbonyl (C=O) groups excluding carboxylic acids is 1. The maximum absolute atomic E-state index is 12.2. The highest BCUT2D eigenvalue weighted by Gasteiger charge is 2.36. The topological polar surface area (TPSA) is 72.9 Å². The summed E-state index contributed by atoms with van der Waals surface area (Å²) in [5.74, 6) is -0.984. The van der Waals surface area contributed by atoms with Gasteiger partial charge in [0.15, 0.2) is 0 Å². The predicted octanol–water partition coefficient (Wildman–Crippen LogP) is 0.975. The molecule has 20 heavy (non-hydrogen) atoms. The zero-order valence-corrected chi connectivity index (χ0v) is 12.6. The number of amides is 2. The number of nitrogens with one attached hydrogen (secondary N) is 1. The second-order valence-electron chi connectivity index (χ2n) is 6.84. The molecule has 0 radical (unpaired) electrons. The third-order valence-corrected chi connectivity index (χ3v) is 4.05. The summed E-state index contributed by atoms with van der Waals surface area (Å²) < 4.78 is 0. The molecule has 1 atom stereocenters. The number of piperazine rings is 1. The van der Waals surface area contributed by atoms with E-state index in [0.29, 0.717) is 13.1 Å². The minimum absolute atomic E-state index is 0.261. The molecule has 0 spiro atoms. The van der Waals surface area contributed by atoms with E-state index in [2.05, 4.69) is 10.2 Å². The largest absolute Gasteiger partial charge is 0.480 e. The summed E-state index contributed by atoms with van der Waals surface area (Å²) in [6.45, 7) is 8.60. The van der Waals surface area contributed by atoms with Crippen LogP contribution in [-0.4, -0.2) is 65.2 Å². The van der Waals surface area contributed by atoms with Crippen molar-refractivity contribution in [2.24, 2.45) is 5.41 Å². The van der Waals surface area contributed by atoms with E-state index in [1.54, 1.807) is 4.90 Å². The fraction of sp³-hybridized carbons (Fsp3) is 0.857. The first-order valence-electron chi connectivity index (χ1n) is 7.31. The van der Waals surface area contributed by atoms with Crippen LogP contribution < -0.4 is 5.32 Å². The van der Waals surface area contributed by atoms with Crippen LogP contribution in [0.25, 0.3) is 0 Å². The Kier molecular flexibility index (Phi) is 4.22. The number of urea groups is 1. The number of hydrogen-bond donors (Lipinski definition) is 2. The van der Waals surface area contributed by atoms with Gasteiger partial charge in [0, 0.05) is 32.2 Å². The maximum atomic E-state index is 12.2. The first-order chi connectivity index (χ1) is 9.29. The number of nitrogens with zero attached hydrogens (tertiary/aromatic N) is 2. The van der Waals surface area contributed by atoms with Gasteiger partial charge in [-0.05, 0) is 18.3 Å². The Labute approximate surface area is 120 Å². The van der Waals surface area contributed by atoms with Crippen LogP contribution in [0.15, 0.2) is 0 Å². The lowest BCUT2D eigenvalue weighted by Gasteiger charge is -2.36. The van der Waals surface area contributed by atoms with Gasteiger partial charge in [0.05, 0.1) is 0 Å². The summed E-state index contributed by atoms with van der Waals surface area (Å²) in [4.78, 5) is 27.6. The predicted molar refractivity (Wildman–Crippen MR) is 75.6 cm³/mol. The Hall–Kier alpha value is -1.30. The van der Waals surface area contributed by atoms with E-state index >= 15 is 0 Å². The van der Waals surface area contributed by atoms with Crippen LogP contribution >= 0.6 is 0 Å². The molecule has 2 rings (SSSR count). The Morgan fingerprint density at radius 1 is 1.15 bits per heavy atom. The van der Waals surface area contributed by atoms with Crippen LogP contribution in [0, 0.1) is 5.41 Å². The highest BCUT2D eigenvalue weighted by atomic mass is 16.4. The average molecular weight is 283 g/mol. The van der Waals surface area contributed by atoms with Crippen molar-refractivity contribution in [1.82, 2.24) is 15.1 Å². The Balaban J connectivity index is 1.86. The van der Waals surface area contributed by atoms with Gasteiger partial charge < -0.3 is 15.3 Å². The number of carboxylic acid groups (broad SMARTS) is 1. The van der Waals surface area contributed by atoms with Crippen LogP contribution in [0.4, 0.5) is 4.79 Å². The van der Waals surface area contributed by atoms with Crippen LogP contribution in [-0.2, 0) is 4.79 Å². The van der Waals surface area contributed by atoms with Crippen molar-refractivity contribution < 1.29 is 14.7 Å². The summed E-state index contributed by atoms with van der Waals surface area (Å²) in [6, 6.07) is -0.402. The molecule has 6 nitrogen and oxygen atoms in total. The molecule has 0 aromatic rings. The minimum atomic E-state index is -0.984. The molecule has 2 N–H and O–H groups in total. The number of hydrogen-bond acceptors (Lipinski definition) is 3. The van der Waals surface area contributed by atoms with Crippen LogP contribution in [0.2, 0.25) is 0 Å². The third-order valence-electron chi connectivity index (χ3n) is 4.05. The molecule has 6 heteroatoms. The minimum Gasteiger partial charge on any atom is -0.480 e. The summed E-state index contributed by atoms with van der Waals surface area (Å²) in [7, 11) is 0. The molecule has 2 aliphatic rings. The van der Waals surface area contributed by atoms with Gasteiger partial charge in [-0.25, -0.2) is 9.59 Å². The number of rotatable bonds is 3. The Bertz CT molecular complexity index is 380. The number of carboxylic acids is 1. The van der Waals surface area contributed by atoms with Gasteiger partial charge in [-0.2, -0.15) is 0 Å². The fourth-order valence-corrected chi connectivity index (χ4v) is 2.59. The Morgan fingerprint density at radius 2 is 1.70 bits per heavy atom. The van der Waals surface area contributed by atoms with Crippen molar-refractivity contribution in [2.75, 3.05) is 26.2 Å². The molecule has 2 amide bonds. The molecule has 0 unspecified atom stereocenters. The molecule has 0 aromatic heterocycles. The van der Waals surface area contributed by atoms with Gasteiger partial charge in [0.25, 0.3) is 0 Å². The molecule has 114 valence electrons. The smallest absolute Gasteiger partial charge is 0.326 e. The molecule has 0 aromatic carbocycles. The lowest BCUT2D eigenvalue weighted by Crippen LogP contribution is -2.57. The van der Waals surface area contributed by atoms with E-state index < -0.39 is 17.4 Å². The van der Waals surface area contributed by atoms with Crippen LogP contribution in [0.5, 0.6) is 0 Å².